The van der Waals surface area contributed by atoms with Crippen LogP contribution in [0.25, 0.3) is 0 Å². The Kier molecular flexibility index (Phi) is 4.41. The molecule has 0 radical (unpaired) electrons. The van der Waals surface area contributed by atoms with Crippen LogP contribution in [0.15, 0.2) is 41.6 Å². The first-order valence-electron chi connectivity index (χ1n) is 7.69. The van der Waals surface area contributed by atoms with Gasteiger partial charge in [0, 0.05) is 31.1 Å². The van der Waals surface area contributed by atoms with E-state index in [9.17, 15) is 8.42 Å². The first kappa shape index (κ1) is 16.0. The second kappa shape index (κ2) is 6.33. The van der Waals surface area contributed by atoms with E-state index in [1.165, 1.54) is 0 Å². The van der Waals surface area contributed by atoms with Gasteiger partial charge in [0.2, 0.25) is 0 Å². The van der Waals surface area contributed by atoms with Gasteiger partial charge in [0.05, 0.1) is 22.9 Å². The van der Waals surface area contributed by atoms with Gasteiger partial charge in [0.25, 0.3) is 0 Å². The Morgan fingerprint density at radius 2 is 2.09 bits per heavy atom. The highest BCUT2D eigenvalue weighted by atomic mass is 32.2. The number of anilines is 1. The minimum atomic E-state index is -3.16. The van der Waals surface area contributed by atoms with Crippen molar-refractivity contribution in [2.24, 2.45) is 7.05 Å². The van der Waals surface area contributed by atoms with Gasteiger partial charge in [0.15, 0.2) is 9.84 Å². The van der Waals surface area contributed by atoms with E-state index in [2.05, 4.69) is 10.4 Å². The first-order valence-corrected chi connectivity index (χ1v) is 9.34. The van der Waals surface area contributed by atoms with Crippen LogP contribution in [-0.4, -0.2) is 36.6 Å². The van der Waals surface area contributed by atoms with E-state index in [4.69, 9.17) is 4.74 Å². The molecule has 0 bridgehead atoms. The third-order valence-corrected chi connectivity index (χ3v) is 5.84. The van der Waals surface area contributed by atoms with Gasteiger partial charge in [-0.1, -0.05) is 6.92 Å². The van der Waals surface area contributed by atoms with Crippen molar-refractivity contribution in [2.75, 3.05) is 17.7 Å². The van der Waals surface area contributed by atoms with Gasteiger partial charge in [-0.05, 0) is 30.7 Å². The molecule has 1 saturated heterocycles. The minimum Gasteiger partial charge on any atom is -0.379 e. The van der Waals surface area contributed by atoms with Crippen LogP contribution in [0.2, 0.25) is 0 Å². The van der Waals surface area contributed by atoms with Gasteiger partial charge >= 0.3 is 0 Å². The number of sulfone groups is 1. The summed E-state index contributed by atoms with van der Waals surface area (Å²) in [5.41, 5.74) is 1.94. The molecule has 1 aromatic heterocycles. The number of nitrogens with one attached hydrogen (secondary N) is 1. The number of rotatable bonds is 5. The molecular weight excluding hydrogens is 314 g/mol. The van der Waals surface area contributed by atoms with Gasteiger partial charge in [0.1, 0.15) is 6.10 Å². The molecule has 0 spiro atoms. The van der Waals surface area contributed by atoms with E-state index >= 15 is 0 Å². The number of aromatic nitrogens is 2. The molecule has 0 aliphatic carbocycles. The van der Waals surface area contributed by atoms with Crippen LogP contribution in [-0.2, 0) is 21.6 Å². The van der Waals surface area contributed by atoms with Crippen molar-refractivity contribution in [3.8, 4) is 0 Å². The van der Waals surface area contributed by atoms with E-state index in [-0.39, 0.29) is 17.9 Å². The molecule has 23 heavy (non-hydrogen) atoms. The molecule has 1 aliphatic heterocycles. The molecule has 1 fully saturated rings. The zero-order valence-corrected chi connectivity index (χ0v) is 14.1. The topological polar surface area (TPSA) is 73.2 Å². The van der Waals surface area contributed by atoms with Gasteiger partial charge in [-0.25, -0.2) is 8.42 Å². The highest BCUT2D eigenvalue weighted by Crippen LogP contribution is 2.31. The van der Waals surface area contributed by atoms with Crippen LogP contribution in [0.4, 0.5) is 5.69 Å². The fourth-order valence-electron chi connectivity index (χ4n) is 2.79. The van der Waals surface area contributed by atoms with Crippen LogP contribution >= 0.6 is 0 Å². The lowest BCUT2D eigenvalue weighted by molar-refractivity contribution is 0.107. The molecule has 1 N–H and O–H groups in total. The summed E-state index contributed by atoms with van der Waals surface area (Å²) in [5, 5.41) is 7.63. The maximum atomic E-state index is 11.8. The van der Waals surface area contributed by atoms with Crippen molar-refractivity contribution in [1.82, 2.24) is 9.78 Å². The Balaban J connectivity index is 1.74. The third kappa shape index (κ3) is 3.40. The van der Waals surface area contributed by atoms with Gasteiger partial charge < -0.3 is 10.1 Å². The molecule has 1 aliphatic rings. The average Bonchev–Trinajstić information content (AvgIpc) is 3.16. The fraction of sp³-hybridized carbons (Fsp3) is 0.438. The molecule has 3 rings (SSSR count). The predicted molar refractivity (Wildman–Crippen MR) is 88.1 cm³/mol. The van der Waals surface area contributed by atoms with Gasteiger partial charge in [-0.3, -0.25) is 4.68 Å². The Morgan fingerprint density at radius 3 is 2.70 bits per heavy atom. The van der Waals surface area contributed by atoms with E-state index < -0.39 is 9.84 Å². The molecule has 0 unspecified atom stereocenters. The molecule has 0 saturated carbocycles. The number of aryl methyl sites for hydroxylation is 1. The Hall–Kier alpha value is -1.86. The average molecular weight is 335 g/mol. The smallest absolute Gasteiger partial charge is 0.178 e. The zero-order valence-electron chi connectivity index (χ0n) is 13.3. The summed E-state index contributed by atoms with van der Waals surface area (Å²) < 4.78 is 31.3. The second-order valence-corrected chi connectivity index (χ2v) is 7.98. The Bertz CT molecular complexity index is 768. The summed E-state index contributed by atoms with van der Waals surface area (Å²) >= 11 is 0. The predicted octanol–water partition coefficient (Wildman–Crippen LogP) is 2.16. The molecular formula is C16H21N3O3S. The molecule has 124 valence electrons. The van der Waals surface area contributed by atoms with E-state index in [0.717, 1.165) is 17.7 Å². The summed E-state index contributed by atoms with van der Waals surface area (Å²) in [4.78, 5) is 0.358. The highest BCUT2D eigenvalue weighted by Gasteiger charge is 2.30. The zero-order chi connectivity index (χ0) is 16.4. The fourth-order valence-corrected chi connectivity index (χ4v) is 3.68. The van der Waals surface area contributed by atoms with Crippen LogP contribution in [0.1, 0.15) is 25.0 Å². The number of hydrogen-bond donors (Lipinski definition) is 1. The molecule has 7 heteroatoms. The molecule has 1 aromatic carbocycles. The Morgan fingerprint density at radius 1 is 1.35 bits per heavy atom. The lowest BCUT2D eigenvalue weighted by Gasteiger charge is -2.20. The van der Waals surface area contributed by atoms with Crippen LogP contribution in [0, 0.1) is 0 Å². The van der Waals surface area contributed by atoms with E-state index in [0.29, 0.717) is 11.5 Å². The third-order valence-electron chi connectivity index (χ3n) is 4.09. The minimum absolute atomic E-state index is 0.0391. The largest absolute Gasteiger partial charge is 0.379 e. The molecule has 2 aromatic rings. The monoisotopic (exact) mass is 335 g/mol. The van der Waals surface area contributed by atoms with Crippen molar-refractivity contribution in [2.45, 2.75) is 30.4 Å². The van der Waals surface area contributed by atoms with E-state index in [1.807, 2.05) is 19.4 Å². The molecule has 2 heterocycles. The quantitative estimate of drug-likeness (QED) is 0.906. The number of benzene rings is 1. The summed E-state index contributed by atoms with van der Waals surface area (Å²) in [6.45, 7) is 2.34. The lowest BCUT2D eigenvalue weighted by atomic mass is 10.1. The summed E-state index contributed by atoms with van der Waals surface area (Å²) in [6, 6.07) is 7.06. The van der Waals surface area contributed by atoms with Crippen LogP contribution < -0.4 is 5.32 Å². The maximum Gasteiger partial charge on any atom is 0.178 e. The van der Waals surface area contributed by atoms with Crippen LogP contribution in [0.3, 0.4) is 0 Å². The molecule has 6 nitrogen and oxygen atoms in total. The first-order chi connectivity index (χ1) is 11.0. The van der Waals surface area contributed by atoms with Crippen LogP contribution in [0.5, 0.6) is 0 Å². The van der Waals surface area contributed by atoms with E-state index in [1.54, 1.807) is 35.9 Å². The van der Waals surface area contributed by atoms with Crippen molar-refractivity contribution in [3.63, 3.8) is 0 Å². The number of ether oxygens (including phenoxy) is 1. The summed E-state index contributed by atoms with van der Waals surface area (Å²) in [5.74, 6) is 0.110. The molecule has 0 amide bonds. The Labute approximate surface area is 136 Å². The molecule has 2 atom stereocenters. The summed E-state index contributed by atoms with van der Waals surface area (Å²) in [7, 11) is -1.27. The van der Waals surface area contributed by atoms with Gasteiger partial charge in [-0.2, -0.15) is 5.10 Å². The lowest BCUT2D eigenvalue weighted by Crippen LogP contribution is -2.23. The van der Waals surface area contributed by atoms with Crippen molar-refractivity contribution < 1.29 is 13.2 Å². The standard InChI is InChI=1S/C16H21N3O3S/c1-3-23(20,21)14-6-4-13(5-7-14)18-15-8-9-22-16(15)12-10-17-19(2)11-12/h4-7,10-11,15-16,18H,3,8-9H2,1-2H3/t15-,16+/m0/s1. The second-order valence-electron chi connectivity index (χ2n) is 5.71. The SMILES string of the molecule is CCS(=O)(=O)c1ccc(N[C@H]2CCO[C@@H]2c2cnn(C)c2)cc1. The van der Waals surface area contributed by atoms with Gasteiger partial charge in [-0.15, -0.1) is 0 Å². The summed E-state index contributed by atoms with van der Waals surface area (Å²) in [6.07, 6.45) is 4.64. The van der Waals surface area contributed by atoms with Crippen molar-refractivity contribution in [3.05, 3.63) is 42.2 Å². The highest BCUT2D eigenvalue weighted by molar-refractivity contribution is 7.91. The van der Waals surface area contributed by atoms with Crippen molar-refractivity contribution >= 4 is 15.5 Å². The number of nitrogens with zero attached hydrogens (tertiary/aromatic N) is 2. The maximum absolute atomic E-state index is 11.8. The normalized spacial score (nSPS) is 21.5. The van der Waals surface area contributed by atoms with Crippen molar-refractivity contribution in [1.29, 1.82) is 0 Å². The number of hydrogen-bond acceptors (Lipinski definition) is 5.